The summed E-state index contributed by atoms with van der Waals surface area (Å²) in [5, 5.41) is 13.8. The molecule has 1 unspecified atom stereocenters. The minimum absolute atomic E-state index is 0.000365. The van der Waals surface area contributed by atoms with Crippen molar-refractivity contribution in [3.8, 4) is 5.75 Å². The predicted molar refractivity (Wildman–Crippen MR) is 72.6 cm³/mol. The first-order chi connectivity index (χ1) is 9.56. The number of non-ortho nitro benzene ring substituents is 1. The van der Waals surface area contributed by atoms with E-state index >= 15 is 0 Å². The molecule has 0 saturated carbocycles. The molecule has 0 spiro atoms. The van der Waals surface area contributed by atoms with Crippen molar-refractivity contribution in [1.29, 1.82) is 0 Å². The second kappa shape index (κ2) is 6.33. The number of hydrogen-bond donors (Lipinski definition) is 1. The summed E-state index contributed by atoms with van der Waals surface area (Å²) in [5.74, 6) is 0.379. The minimum Gasteiger partial charge on any atom is -0.484 e. The predicted octanol–water partition coefficient (Wildman–Crippen LogP) is 0.794. The van der Waals surface area contributed by atoms with Gasteiger partial charge in [0.05, 0.1) is 4.92 Å². The zero-order valence-electron chi connectivity index (χ0n) is 11.2. The zero-order chi connectivity index (χ0) is 14.5. The Bertz CT molecular complexity index is 489. The van der Waals surface area contributed by atoms with E-state index < -0.39 is 4.92 Å². The molecule has 1 aromatic carbocycles. The fraction of sp³-hybridized carbons (Fsp3) is 0.462. The summed E-state index contributed by atoms with van der Waals surface area (Å²) in [6.45, 7) is 4.10. The summed E-state index contributed by atoms with van der Waals surface area (Å²) in [6, 6.07) is 5.98. The molecule has 7 heteroatoms. The molecule has 2 rings (SSSR count). The highest BCUT2D eigenvalue weighted by Crippen LogP contribution is 2.17. The Hall–Kier alpha value is -2.15. The summed E-state index contributed by atoms with van der Waals surface area (Å²) in [6.07, 6.45) is 0. The number of nitro groups is 1. The standard InChI is InChI=1S/C13H17N3O4/c1-10-8-15(7-6-14-10)13(17)9-20-12-4-2-11(3-5-12)16(18)19/h2-5,10,14H,6-9H2,1H3. The lowest BCUT2D eigenvalue weighted by Crippen LogP contribution is -2.52. The highest BCUT2D eigenvalue weighted by atomic mass is 16.6. The third kappa shape index (κ3) is 3.67. The molecule has 1 heterocycles. The van der Waals surface area contributed by atoms with E-state index in [1.807, 2.05) is 6.92 Å². The van der Waals surface area contributed by atoms with Crippen LogP contribution in [0, 0.1) is 10.1 Å². The topological polar surface area (TPSA) is 84.7 Å². The SMILES string of the molecule is CC1CN(C(=O)COc2ccc([N+](=O)[O-])cc2)CCN1. The average molecular weight is 279 g/mol. The number of amides is 1. The maximum absolute atomic E-state index is 12.0. The van der Waals surface area contributed by atoms with Crippen molar-refractivity contribution in [2.75, 3.05) is 26.2 Å². The minimum atomic E-state index is -0.475. The average Bonchev–Trinajstić information content (AvgIpc) is 2.45. The maximum atomic E-state index is 12.0. The van der Waals surface area contributed by atoms with Crippen LogP contribution in [0.3, 0.4) is 0 Å². The summed E-state index contributed by atoms with van der Waals surface area (Å²) >= 11 is 0. The Labute approximate surface area is 116 Å². The van der Waals surface area contributed by atoms with Crippen LogP contribution in [0.5, 0.6) is 5.75 Å². The van der Waals surface area contributed by atoms with Gasteiger partial charge in [-0.15, -0.1) is 0 Å². The largest absolute Gasteiger partial charge is 0.484 e. The molecule has 1 N–H and O–H groups in total. The van der Waals surface area contributed by atoms with Gasteiger partial charge in [-0.25, -0.2) is 0 Å². The Morgan fingerprint density at radius 2 is 2.20 bits per heavy atom. The van der Waals surface area contributed by atoms with Crippen molar-refractivity contribution in [2.24, 2.45) is 0 Å². The highest BCUT2D eigenvalue weighted by molar-refractivity contribution is 5.78. The van der Waals surface area contributed by atoms with Gasteiger partial charge < -0.3 is 15.0 Å². The quantitative estimate of drug-likeness (QED) is 0.650. The Balaban J connectivity index is 1.85. The number of nitro benzene ring substituents is 1. The number of rotatable bonds is 4. The summed E-state index contributed by atoms with van der Waals surface area (Å²) < 4.78 is 5.36. The fourth-order valence-corrected chi connectivity index (χ4v) is 2.06. The highest BCUT2D eigenvalue weighted by Gasteiger charge is 2.20. The summed E-state index contributed by atoms with van der Waals surface area (Å²) in [4.78, 5) is 23.8. The first-order valence-corrected chi connectivity index (χ1v) is 6.44. The third-order valence-electron chi connectivity index (χ3n) is 3.13. The smallest absolute Gasteiger partial charge is 0.269 e. The Morgan fingerprint density at radius 3 is 2.80 bits per heavy atom. The monoisotopic (exact) mass is 279 g/mol. The van der Waals surface area contributed by atoms with Crippen LogP contribution in [0.4, 0.5) is 5.69 Å². The molecule has 1 aromatic rings. The molecule has 20 heavy (non-hydrogen) atoms. The molecule has 1 fully saturated rings. The summed E-state index contributed by atoms with van der Waals surface area (Å²) in [5.41, 5.74) is -0.000365. The third-order valence-corrected chi connectivity index (χ3v) is 3.13. The number of nitrogens with one attached hydrogen (secondary N) is 1. The number of benzene rings is 1. The Kier molecular flexibility index (Phi) is 4.52. The number of nitrogens with zero attached hydrogens (tertiary/aromatic N) is 2. The Morgan fingerprint density at radius 1 is 1.50 bits per heavy atom. The van der Waals surface area contributed by atoms with E-state index in [-0.39, 0.29) is 24.2 Å². The van der Waals surface area contributed by atoms with E-state index in [9.17, 15) is 14.9 Å². The lowest BCUT2D eigenvalue weighted by Gasteiger charge is -2.31. The van der Waals surface area contributed by atoms with Crippen molar-refractivity contribution in [3.63, 3.8) is 0 Å². The van der Waals surface area contributed by atoms with Gasteiger partial charge in [0.15, 0.2) is 6.61 Å². The van der Waals surface area contributed by atoms with Crippen molar-refractivity contribution in [1.82, 2.24) is 10.2 Å². The first kappa shape index (κ1) is 14.3. The van der Waals surface area contributed by atoms with E-state index in [0.29, 0.717) is 18.8 Å². The molecule has 0 aromatic heterocycles. The van der Waals surface area contributed by atoms with Gasteiger partial charge in [0.2, 0.25) is 0 Å². The molecular weight excluding hydrogens is 262 g/mol. The number of carbonyl (C=O) groups is 1. The van der Waals surface area contributed by atoms with Crippen LogP contribution in [-0.4, -0.2) is 48.0 Å². The number of carbonyl (C=O) groups excluding carboxylic acids is 1. The molecule has 7 nitrogen and oxygen atoms in total. The van der Waals surface area contributed by atoms with Crippen LogP contribution in [0.1, 0.15) is 6.92 Å². The zero-order valence-corrected chi connectivity index (χ0v) is 11.2. The van der Waals surface area contributed by atoms with Crippen LogP contribution in [0.15, 0.2) is 24.3 Å². The van der Waals surface area contributed by atoms with E-state index in [2.05, 4.69) is 5.32 Å². The molecule has 108 valence electrons. The van der Waals surface area contributed by atoms with Gasteiger partial charge in [-0.3, -0.25) is 14.9 Å². The van der Waals surface area contributed by atoms with Crippen molar-refractivity contribution < 1.29 is 14.5 Å². The van der Waals surface area contributed by atoms with Gasteiger partial charge in [-0.05, 0) is 19.1 Å². The van der Waals surface area contributed by atoms with E-state index in [1.165, 1.54) is 24.3 Å². The normalized spacial score (nSPS) is 18.6. The fourth-order valence-electron chi connectivity index (χ4n) is 2.06. The number of ether oxygens (including phenoxy) is 1. The number of piperazine rings is 1. The second-order valence-corrected chi connectivity index (χ2v) is 4.73. The van der Waals surface area contributed by atoms with E-state index in [0.717, 1.165) is 6.54 Å². The van der Waals surface area contributed by atoms with Gasteiger partial charge in [0.25, 0.3) is 11.6 Å². The van der Waals surface area contributed by atoms with Crippen LogP contribution in [0.2, 0.25) is 0 Å². The van der Waals surface area contributed by atoms with Crippen molar-refractivity contribution in [3.05, 3.63) is 34.4 Å². The lowest BCUT2D eigenvalue weighted by atomic mass is 10.2. The van der Waals surface area contributed by atoms with Gasteiger partial charge in [-0.1, -0.05) is 0 Å². The first-order valence-electron chi connectivity index (χ1n) is 6.44. The molecule has 1 saturated heterocycles. The maximum Gasteiger partial charge on any atom is 0.269 e. The molecule has 0 aliphatic carbocycles. The molecule has 1 atom stereocenters. The lowest BCUT2D eigenvalue weighted by molar-refractivity contribution is -0.384. The van der Waals surface area contributed by atoms with Gasteiger partial charge >= 0.3 is 0 Å². The van der Waals surface area contributed by atoms with Gasteiger partial charge in [-0.2, -0.15) is 0 Å². The second-order valence-electron chi connectivity index (χ2n) is 4.73. The van der Waals surface area contributed by atoms with Crippen LogP contribution < -0.4 is 10.1 Å². The molecule has 1 amide bonds. The summed E-state index contributed by atoms with van der Waals surface area (Å²) in [7, 11) is 0. The van der Waals surface area contributed by atoms with Crippen molar-refractivity contribution in [2.45, 2.75) is 13.0 Å². The number of hydrogen-bond acceptors (Lipinski definition) is 5. The molecule has 1 aliphatic rings. The van der Waals surface area contributed by atoms with Crippen LogP contribution >= 0.6 is 0 Å². The van der Waals surface area contributed by atoms with Crippen molar-refractivity contribution >= 4 is 11.6 Å². The molecular formula is C13H17N3O4. The van der Waals surface area contributed by atoms with Gasteiger partial charge in [0, 0.05) is 37.8 Å². The molecule has 0 bridgehead atoms. The van der Waals surface area contributed by atoms with E-state index in [1.54, 1.807) is 4.90 Å². The van der Waals surface area contributed by atoms with Crippen LogP contribution in [-0.2, 0) is 4.79 Å². The molecule has 0 radical (unpaired) electrons. The molecule has 1 aliphatic heterocycles. The van der Waals surface area contributed by atoms with Crippen LogP contribution in [0.25, 0.3) is 0 Å². The van der Waals surface area contributed by atoms with E-state index in [4.69, 9.17) is 4.74 Å². The van der Waals surface area contributed by atoms with Gasteiger partial charge in [0.1, 0.15) is 5.75 Å².